The molecular formula is C15H14N6OS. The second-order valence-corrected chi connectivity index (χ2v) is 5.89. The first-order chi connectivity index (χ1) is 11.3. The van der Waals surface area contributed by atoms with Crippen LogP contribution in [-0.4, -0.2) is 38.4 Å². The SMILES string of the molecule is OCCNc1nc(Nc2ccc3[nH]ncc3c2)c2sccc2n1. The zero-order valence-corrected chi connectivity index (χ0v) is 12.9. The van der Waals surface area contributed by atoms with Crippen LogP contribution in [0.25, 0.3) is 21.1 Å². The maximum Gasteiger partial charge on any atom is 0.225 e. The standard InChI is InChI=1S/C15H14N6OS/c22-5-4-16-15-19-12-3-6-23-13(12)14(20-15)18-10-1-2-11-9(7-10)8-17-21-11/h1-3,6-8,22H,4-5H2,(H,17,21)(H2,16,18,19,20). The van der Waals surface area contributed by atoms with Gasteiger partial charge in [-0.2, -0.15) is 10.1 Å². The lowest BCUT2D eigenvalue weighted by atomic mass is 10.2. The molecule has 0 saturated carbocycles. The van der Waals surface area contributed by atoms with Crippen LogP contribution < -0.4 is 10.6 Å². The van der Waals surface area contributed by atoms with E-state index >= 15 is 0 Å². The van der Waals surface area contributed by atoms with Gasteiger partial charge in [-0.1, -0.05) is 0 Å². The van der Waals surface area contributed by atoms with Crippen LogP contribution in [0.1, 0.15) is 0 Å². The van der Waals surface area contributed by atoms with Gasteiger partial charge in [0, 0.05) is 17.6 Å². The maximum absolute atomic E-state index is 8.95. The molecule has 116 valence electrons. The van der Waals surface area contributed by atoms with E-state index in [4.69, 9.17) is 5.11 Å². The molecule has 3 aromatic heterocycles. The predicted molar refractivity (Wildman–Crippen MR) is 92.4 cm³/mol. The number of fused-ring (bicyclic) bond motifs is 2. The van der Waals surface area contributed by atoms with Crippen molar-refractivity contribution in [2.75, 3.05) is 23.8 Å². The minimum Gasteiger partial charge on any atom is -0.395 e. The molecule has 4 aromatic rings. The molecule has 0 aliphatic heterocycles. The zero-order valence-electron chi connectivity index (χ0n) is 12.1. The second kappa shape index (κ2) is 5.82. The molecular weight excluding hydrogens is 312 g/mol. The number of aromatic nitrogens is 4. The highest BCUT2D eigenvalue weighted by Gasteiger charge is 2.10. The zero-order chi connectivity index (χ0) is 15.6. The first kappa shape index (κ1) is 13.9. The summed E-state index contributed by atoms with van der Waals surface area (Å²) in [5.74, 6) is 1.24. The number of anilines is 3. The number of rotatable bonds is 5. The molecule has 4 N–H and O–H groups in total. The summed E-state index contributed by atoms with van der Waals surface area (Å²) >= 11 is 1.59. The Balaban J connectivity index is 1.72. The molecule has 1 aromatic carbocycles. The third-order valence-electron chi connectivity index (χ3n) is 3.40. The summed E-state index contributed by atoms with van der Waals surface area (Å²) in [5.41, 5.74) is 2.79. The molecule has 0 radical (unpaired) electrons. The van der Waals surface area contributed by atoms with Crippen LogP contribution in [0.15, 0.2) is 35.8 Å². The molecule has 0 aliphatic rings. The molecule has 0 fully saturated rings. The van der Waals surface area contributed by atoms with Gasteiger partial charge in [0.2, 0.25) is 5.95 Å². The number of benzene rings is 1. The molecule has 3 heterocycles. The van der Waals surface area contributed by atoms with Crippen molar-refractivity contribution in [2.24, 2.45) is 0 Å². The highest BCUT2D eigenvalue weighted by atomic mass is 32.1. The molecule has 0 saturated heterocycles. The van der Waals surface area contributed by atoms with Crippen LogP contribution in [0.5, 0.6) is 0 Å². The van der Waals surface area contributed by atoms with Crippen LogP contribution >= 0.6 is 11.3 Å². The lowest BCUT2D eigenvalue weighted by Crippen LogP contribution is -2.09. The lowest BCUT2D eigenvalue weighted by molar-refractivity contribution is 0.311. The Hall–Kier alpha value is -2.71. The van der Waals surface area contributed by atoms with E-state index in [1.54, 1.807) is 17.5 Å². The minimum atomic E-state index is 0.0327. The maximum atomic E-state index is 8.95. The topological polar surface area (TPSA) is 98.8 Å². The first-order valence-electron chi connectivity index (χ1n) is 7.13. The first-order valence-corrected chi connectivity index (χ1v) is 8.01. The number of hydrogen-bond donors (Lipinski definition) is 4. The van der Waals surface area contributed by atoms with Gasteiger partial charge in [0.1, 0.15) is 0 Å². The Morgan fingerprint density at radius 2 is 2.17 bits per heavy atom. The molecule has 4 rings (SSSR count). The van der Waals surface area contributed by atoms with E-state index in [0.29, 0.717) is 12.5 Å². The Bertz CT molecular complexity index is 963. The Morgan fingerprint density at radius 3 is 3.09 bits per heavy atom. The number of aromatic amines is 1. The summed E-state index contributed by atoms with van der Waals surface area (Å²) in [6.45, 7) is 0.445. The van der Waals surface area contributed by atoms with Gasteiger partial charge in [-0.25, -0.2) is 4.98 Å². The summed E-state index contributed by atoms with van der Waals surface area (Å²) in [5, 5.41) is 25.3. The van der Waals surface area contributed by atoms with Gasteiger partial charge in [0.15, 0.2) is 5.82 Å². The predicted octanol–water partition coefficient (Wildman–Crippen LogP) is 2.72. The van der Waals surface area contributed by atoms with Crippen LogP contribution in [0.4, 0.5) is 17.5 Å². The van der Waals surface area contributed by atoms with E-state index < -0.39 is 0 Å². The third-order valence-corrected chi connectivity index (χ3v) is 4.31. The summed E-state index contributed by atoms with van der Waals surface area (Å²) in [6.07, 6.45) is 1.79. The summed E-state index contributed by atoms with van der Waals surface area (Å²) in [7, 11) is 0. The van der Waals surface area contributed by atoms with Crippen LogP contribution in [0.2, 0.25) is 0 Å². The average Bonchev–Trinajstić information content (AvgIpc) is 3.21. The van der Waals surface area contributed by atoms with Crippen LogP contribution in [0, 0.1) is 0 Å². The molecule has 0 bridgehead atoms. The quantitative estimate of drug-likeness (QED) is 0.450. The Labute approximate surface area is 135 Å². The fourth-order valence-electron chi connectivity index (χ4n) is 2.35. The van der Waals surface area contributed by atoms with Gasteiger partial charge >= 0.3 is 0 Å². The Morgan fingerprint density at radius 1 is 1.22 bits per heavy atom. The number of aliphatic hydroxyl groups is 1. The highest BCUT2D eigenvalue weighted by molar-refractivity contribution is 7.17. The van der Waals surface area contributed by atoms with Gasteiger partial charge in [0.25, 0.3) is 0 Å². The number of nitrogens with one attached hydrogen (secondary N) is 3. The number of H-pyrrole nitrogens is 1. The van der Waals surface area contributed by atoms with Crippen molar-refractivity contribution < 1.29 is 5.11 Å². The smallest absolute Gasteiger partial charge is 0.225 e. The fraction of sp³-hybridized carbons (Fsp3) is 0.133. The monoisotopic (exact) mass is 326 g/mol. The van der Waals surface area contributed by atoms with E-state index in [9.17, 15) is 0 Å². The van der Waals surface area contributed by atoms with Gasteiger partial charge in [-0.05, 0) is 29.6 Å². The normalized spacial score (nSPS) is 11.2. The van der Waals surface area contributed by atoms with E-state index in [1.165, 1.54) is 0 Å². The summed E-state index contributed by atoms with van der Waals surface area (Å²) in [6, 6.07) is 7.92. The van der Waals surface area contributed by atoms with Crippen molar-refractivity contribution >= 4 is 49.9 Å². The number of thiophene rings is 1. The van der Waals surface area contributed by atoms with E-state index in [2.05, 4.69) is 30.8 Å². The van der Waals surface area contributed by atoms with Crippen molar-refractivity contribution in [3.63, 3.8) is 0 Å². The van der Waals surface area contributed by atoms with Crippen LogP contribution in [-0.2, 0) is 0 Å². The highest BCUT2D eigenvalue weighted by Crippen LogP contribution is 2.30. The van der Waals surface area contributed by atoms with Crippen molar-refractivity contribution in [2.45, 2.75) is 0 Å². The minimum absolute atomic E-state index is 0.0327. The third kappa shape index (κ3) is 2.69. The van der Waals surface area contributed by atoms with Gasteiger partial charge < -0.3 is 15.7 Å². The lowest BCUT2D eigenvalue weighted by Gasteiger charge is -2.09. The van der Waals surface area contributed by atoms with E-state index in [1.807, 2.05) is 29.6 Å². The van der Waals surface area contributed by atoms with E-state index in [0.717, 1.165) is 32.6 Å². The van der Waals surface area contributed by atoms with Gasteiger partial charge in [-0.3, -0.25) is 5.10 Å². The molecule has 7 nitrogen and oxygen atoms in total. The van der Waals surface area contributed by atoms with Gasteiger partial charge in [-0.15, -0.1) is 11.3 Å². The van der Waals surface area contributed by atoms with Crippen molar-refractivity contribution in [1.29, 1.82) is 0 Å². The second-order valence-electron chi connectivity index (χ2n) is 4.98. The Kier molecular flexibility index (Phi) is 3.52. The largest absolute Gasteiger partial charge is 0.395 e. The summed E-state index contributed by atoms with van der Waals surface area (Å²) in [4.78, 5) is 8.95. The fourth-order valence-corrected chi connectivity index (χ4v) is 3.13. The average molecular weight is 326 g/mol. The van der Waals surface area contributed by atoms with Crippen molar-refractivity contribution in [3.8, 4) is 0 Å². The van der Waals surface area contributed by atoms with Gasteiger partial charge in [0.05, 0.1) is 28.5 Å². The molecule has 23 heavy (non-hydrogen) atoms. The number of nitrogens with zero attached hydrogens (tertiary/aromatic N) is 3. The van der Waals surface area contributed by atoms with Crippen molar-refractivity contribution in [3.05, 3.63) is 35.8 Å². The van der Waals surface area contributed by atoms with E-state index in [-0.39, 0.29) is 6.61 Å². The number of hydrogen-bond acceptors (Lipinski definition) is 7. The molecule has 0 spiro atoms. The van der Waals surface area contributed by atoms with Crippen LogP contribution in [0.3, 0.4) is 0 Å². The molecule has 0 unspecified atom stereocenters. The molecule has 0 atom stereocenters. The molecule has 0 aliphatic carbocycles. The summed E-state index contributed by atoms with van der Waals surface area (Å²) < 4.78 is 0.992. The molecule has 0 amide bonds. The van der Waals surface area contributed by atoms with Crippen molar-refractivity contribution in [1.82, 2.24) is 20.2 Å². The number of aliphatic hydroxyl groups excluding tert-OH is 1. The molecule has 8 heteroatoms.